The molecule has 1 fully saturated rings. The van der Waals surface area contributed by atoms with E-state index in [1.165, 1.54) is 18.4 Å². The van der Waals surface area contributed by atoms with Gasteiger partial charge in [-0.05, 0) is 44.7 Å². The summed E-state index contributed by atoms with van der Waals surface area (Å²) in [7, 11) is 0. The van der Waals surface area contributed by atoms with Crippen LogP contribution in [0.1, 0.15) is 44.2 Å². The third-order valence-electron chi connectivity index (χ3n) is 4.38. The van der Waals surface area contributed by atoms with Crippen molar-refractivity contribution in [3.63, 3.8) is 0 Å². The van der Waals surface area contributed by atoms with E-state index < -0.39 is 0 Å². The highest BCUT2D eigenvalue weighted by molar-refractivity contribution is 5.31. The summed E-state index contributed by atoms with van der Waals surface area (Å²) in [6.45, 7) is 2.21. The number of hydrogen-bond donors (Lipinski definition) is 2. The Morgan fingerprint density at radius 1 is 1.19 bits per heavy atom. The molecule has 0 amide bonds. The molecule has 1 atom stereocenters. The Hall–Kier alpha value is -1.65. The van der Waals surface area contributed by atoms with Crippen molar-refractivity contribution in [3.05, 3.63) is 48.3 Å². The fourth-order valence-electron chi connectivity index (χ4n) is 3.02. The molecule has 1 aliphatic rings. The fourth-order valence-corrected chi connectivity index (χ4v) is 3.02. The lowest BCUT2D eigenvalue weighted by molar-refractivity contribution is 0.322. The summed E-state index contributed by atoms with van der Waals surface area (Å²) in [4.78, 5) is 0. The van der Waals surface area contributed by atoms with Crippen LogP contribution in [0.25, 0.3) is 5.69 Å². The molecule has 112 valence electrons. The van der Waals surface area contributed by atoms with Gasteiger partial charge < -0.3 is 11.1 Å². The second kappa shape index (κ2) is 6.41. The Balaban J connectivity index is 1.63. The largest absolute Gasteiger partial charge is 0.328 e. The maximum atomic E-state index is 5.97. The molecule has 3 rings (SSSR count). The smallest absolute Gasteiger partial charge is 0.0645 e. The van der Waals surface area contributed by atoms with Crippen LogP contribution in [0.4, 0.5) is 0 Å². The molecule has 0 bridgehead atoms. The normalized spacial score (nSPS) is 23.9. The van der Waals surface area contributed by atoms with Gasteiger partial charge in [-0.3, -0.25) is 0 Å². The molecule has 1 heterocycles. The summed E-state index contributed by atoms with van der Waals surface area (Å²) in [5, 5.41) is 8.18. The van der Waals surface area contributed by atoms with Crippen LogP contribution in [0.2, 0.25) is 0 Å². The van der Waals surface area contributed by atoms with Crippen LogP contribution in [0, 0.1) is 0 Å². The number of hydrogen-bond acceptors (Lipinski definition) is 3. The van der Waals surface area contributed by atoms with E-state index in [4.69, 9.17) is 5.73 Å². The van der Waals surface area contributed by atoms with Crippen molar-refractivity contribution >= 4 is 0 Å². The van der Waals surface area contributed by atoms with Gasteiger partial charge in [0.2, 0.25) is 0 Å². The number of nitrogens with two attached hydrogens (primary N) is 1. The number of aromatic nitrogens is 2. The predicted octanol–water partition coefficient (Wildman–Crippen LogP) is 2.79. The lowest BCUT2D eigenvalue weighted by atomic mass is 9.91. The van der Waals surface area contributed by atoms with Crippen molar-refractivity contribution in [2.45, 2.75) is 50.7 Å². The van der Waals surface area contributed by atoms with Crippen LogP contribution >= 0.6 is 0 Å². The Morgan fingerprint density at radius 3 is 2.62 bits per heavy atom. The monoisotopic (exact) mass is 284 g/mol. The average Bonchev–Trinajstić information content (AvgIpc) is 3.00. The second-order valence-corrected chi connectivity index (χ2v) is 6.05. The number of benzene rings is 1. The Morgan fingerprint density at radius 2 is 1.90 bits per heavy atom. The molecule has 1 aromatic heterocycles. The minimum atomic E-state index is 0.321. The topological polar surface area (TPSA) is 55.9 Å². The van der Waals surface area contributed by atoms with Gasteiger partial charge in [0.05, 0.1) is 11.9 Å². The van der Waals surface area contributed by atoms with E-state index in [-0.39, 0.29) is 0 Å². The highest BCUT2D eigenvalue weighted by Crippen LogP contribution is 2.21. The van der Waals surface area contributed by atoms with Crippen LogP contribution in [0.3, 0.4) is 0 Å². The summed E-state index contributed by atoms with van der Waals surface area (Å²) < 4.78 is 1.93. The van der Waals surface area contributed by atoms with Crippen LogP contribution < -0.4 is 11.1 Å². The Kier molecular flexibility index (Phi) is 4.36. The molecule has 0 spiro atoms. The first kappa shape index (κ1) is 14.3. The molecule has 1 saturated carbocycles. The molecule has 2 aromatic rings. The third kappa shape index (κ3) is 3.52. The van der Waals surface area contributed by atoms with Gasteiger partial charge >= 0.3 is 0 Å². The number of nitrogens with one attached hydrogen (secondary N) is 1. The third-order valence-corrected chi connectivity index (χ3v) is 4.38. The summed E-state index contributed by atoms with van der Waals surface area (Å²) in [5.74, 6) is 0. The minimum absolute atomic E-state index is 0.321. The van der Waals surface area contributed by atoms with Gasteiger partial charge in [0.1, 0.15) is 0 Å². The van der Waals surface area contributed by atoms with Crippen LogP contribution in [0.5, 0.6) is 0 Å². The number of rotatable bonds is 4. The van der Waals surface area contributed by atoms with E-state index in [0.717, 1.165) is 18.5 Å². The zero-order valence-electron chi connectivity index (χ0n) is 12.6. The molecule has 1 unspecified atom stereocenters. The maximum Gasteiger partial charge on any atom is 0.0645 e. The van der Waals surface area contributed by atoms with Gasteiger partial charge in [-0.25, -0.2) is 4.68 Å². The molecule has 3 N–H and O–H groups in total. The Labute approximate surface area is 126 Å². The highest BCUT2D eigenvalue weighted by atomic mass is 15.3. The molecule has 0 aliphatic heterocycles. The van der Waals surface area contributed by atoms with E-state index in [1.807, 2.05) is 29.1 Å². The maximum absolute atomic E-state index is 5.97. The molecular weight excluding hydrogens is 260 g/mol. The number of nitrogens with zero attached hydrogens (tertiary/aromatic N) is 2. The van der Waals surface area contributed by atoms with Crippen molar-refractivity contribution < 1.29 is 0 Å². The standard InChI is InChI=1S/C17H24N4/c1-13(20-16-9-7-15(18)8-10-16)14-11-19-21(12-14)17-5-3-2-4-6-17/h2-6,11-13,15-16,20H,7-10,18H2,1H3. The Bertz CT molecular complexity index is 555. The van der Waals surface area contributed by atoms with E-state index in [0.29, 0.717) is 18.1 Å². The lowest BCUT2D eigenvalue weighted by Crippen LogP contribution is -2.38. The van der Waals surface area contributed by atoms with Gasteiger partial charge in [0.25, 0.3) is 0 Å². The molecule has 1 aromatic carbocycles. The van der Waals surface area contributed by atoms with E-state index in [9.17, 15) is 0 Å². The fraction of sp³-hybridized carbons (Fsp3) is 0.471. The lowest BCUT2D eigenvalue weighted by Gasteiger charge is -2.29. The van der Waals surface area contributed by atoms with Crippen molar-refractivity contribution in [3.8, 4) is 5.69 Å². The zero-order valence-corrected chi connectivity index (χ0v) is 12.6. The second-order valence-electron chi connectivity index (χ2n) is 6.05. The van der Waals surface area contributed by atoms with Crippen molar-refractivity contribution in [2.75, 3.05) is 0 Å². The van der Waals surface area contributed by atoms with Crippen molar-refractivity contribution in [1.29, 1.82) is 0 Å². The molecule has 4 nitrogen and oxygen atoms in total. The molecule has 21 heavy (non-hydrogen) atoms. The van der Waals surface area contributed by atoms with Gasteiger partial charge in [-0.2, -0.15) is 5.10 Å². The predicted molar refractivity (Wildman–Crippen MR) is 85.3 cm³/mol. The quantitative estimate of drug-likeness (QED) is 0.907. The first-order valence-corrected chi connectivity index (χ1v) is 7.84. The molecule has 0 radical (unpaired) electrons. The van der Waals surface area contributed by atoms with Crippen molar-refractivity contribution in [2.24, 2.45) is 5.73 Å². The van der Waals surface area contributed by atoms with Crippen LogP contribution in [-0.4, -0.2) is 21.9 Å². The summed E-state index contributed by atoms with van der Waals surface area (Å²) in [5.41, 5.74) is 8.29. The van der Waals surface area contributed by atoms with Gasteiger partial charge in [0.15, 0.2) is 0 Å². The van der Waals surface area contributed by atoms with Gasteiger partial charge in [0, 0.05) is 29.9 Å². The summed E-state index contributed by atoms with van der Waals surface area (Å²) in [6.07, 6.45) is 8.69. The average molecular weight is 284 g/mol. The number of para-hydroxylation sites is 1. The first-order chi connectivity index (χ1) is 10.2. The minimum Gasteiger partial charge on any atom is -0.328 e. The van der Waals surface area contributed by atoms with Gasteiger partial charge in [-0.15, -0.1) is 0 Å². The van der Waals surface area contributed by atoms with Crippen LogP contribution in [-0.2, 0) is 0 Å². The van der Waals surface area contributed by atoms with E-state index >= 15 is 0 Å². The highest BCUT2D eigenvalue weighted by Gasteiger charge is 2.20. The SMILES string of the molecule is CC(NC1CCC(N)CC1)c1cnn(-c2ccccc2)c1. The summed E-state index contributed by atoms with van der Waals surface area (Å²) >= 11 is 0. The molecule has 0 saturated heterocycles. The first-order valence-electron chi connectivity index (χ1n) is 7.84. The van der Waals surface area contributed by atoms with Crippen LogP contribution in [0.15, 0.2) is 42.7 Å². The molecular formula is C17H24N4. The van der Waals surface area contributed by atoms with Gasteiger partial charge in [-0.1, -0.05) is 18.2 Å². The van der Waals surface area contributed by atoms with E-state index in [2.05, 4.69) is 35.7 Å². The van der Waals surface area contributed by atoms with Crippen molar-refractivity contribution in [1.82, 2.24) is 15.1 Å². The molecule has 4 heteroatoms. The molecule has 1 aliphatic carbocycles. The zero-order chi connectivity index (χ0) is 14.7. The summed E-state index contributed by atoms with van der Waals surface area (Å²) in [6, 6.07) is 11.5. The van der Waals surface area contributed by atoms with E-state index in [1.54, 1.807) is 0 Å².